The van der Waals surface area contributed by atoms with Crippen LogP contribution in [0, 0.1) is 5.92 Å². The summed E-state index contributed by atoms with van der Waals surface area (Å²) in [5.74, 6) is -6.65. The number of aromatic hydroxyl groups is 2. The van der Waals surface area contributed by atoms with Gasteiger partial charge in [-0.2, -0.15) is 0 Å². The molecule has 10 atom stereocenters. The van der Waals surface area contributed by atoms with E-state index in [1.165, 1.54) is 51.2 Å². The highest BCUT2D eigenvalue weighted by molar-refractivity contribution is 6.31. The van der Waals surface area contributed by atoms with Crippen LogP contribution in [0.25, 0.3) is 0 Å². The third kappa shape index (κ3) is 11.0. The van der Waals surface area contributed by atoms with Crippen molar-refractivity contribution in [2.45, 2.75) is 114 Å². The summed E-state index contributed by atoms with van der Waals surface area (Å²) in [6.07, 6.45) is -4.03. The van der Waals surface area contributed by atoms with Crippen molar-refractivity contribution in [3.63, 3.8) is 0 Å². The number of hydrogen-bond acceptors (Lipinski definition) is 20. The Labute approximate surface area is 469 Å². The maximum absolute atomic E-state index is 14.5. The quantitative estimate of drug-likeness (QED) is 0.0568. The van der Waals surface area contributed by atoms with Gasteiger partial charge >= 0.3 is 6.09 Å². The first-order chi connectivity index (χ1) is 39.2. The molecule has 0 radical (unpaired) electrons. The zero-order chi connectivity index (χ0) is 58.5. The van der Waals surface area contributed by atoms with E-state index in [0.29, 0.717) is 24.4 Å². The summed E-state index contributed by atoms with van der Waals surface area (Å²) in [6, 6.07) is 8.50. The lowest BCUT2D eigenvalue weighted by molar-refractivity contribution is -0.256. The van der Waals surface area contributed by atoms with Crippen LogP contribution in [0.3, 0.4) is 0 Å². The first kappa shape index (κ1) is 57.4. The number of benzene rings is 3. The van der Waals surface area contributed by atoms with Gasteiger partial charge in [-0.1, -0.05) is 24.3 Å². The molecule has 26 nitrogen and oxygen atoms in total. The number of ether oxygens (including phenoxy) is 7. The summed E-state index contributed by atoms with van der Waals surface area (Å²) in [4.78, 5) is 122. The Bertz CT molecular complexity index is 3130. The van der Waals surface area contributed by atoms with Crippen LogP contribution in [-0.4, -0.2) is 191 Å². The minimum Gasteiger partial charge on any atom is -0.507 e. The van der Waals surface area contributed by atoms with E-state index in [4.69, 9.17) is 33.2 Å². The van der Waals surface area contributed by atoms with Crippen molar-refractivity contribution >= 4 is 58.8 Å². The number of anilines is 1. The number of alkyl carbamates (subject to hydrolysis) is 1. The number of amides is 7. The Kier molecular flexibility index (Phi) is 16.2. The number of carbonyl (C=O) groups excluding carboxylic acids is 9. The van der Waals surface area contributed by atoms with Gasteiger partial charge in [0.05, 0.1) is 42.6 Å². The fourth-order valence-electron chi connectivity index (χ4n) is 11.7. The molecule has 4 saturated heterocycles. The average Bonchev–Trinajstić information content (AvgIpc) is 2.37. The van der Waals surface area contributed by atoms with Crippen molar-refractivity contribution in [1.29, 1.82) is 0 Å². The van der Waals surface area contributed by atoms with E-state index >= 15 is 0 Å². The number of rotatable bonds is 17. The van der Waals surface area contributed by atoms with E-state index in [2.05, 4.69) is 26.2 Å². The number of phenols is 2. The Morgan fingerprint density at radius 1 is 0.866 bits per heavy atom. The van der Waals surface area contributed by atoms with E-state index in [1.807, 2.05) is 6.92 Å². The summed E-state index contributed by atoms with van der Waals surface area (Å²) in [5.41, 5.74) is -2.69. The second-order valence-electron chi connectivity index (χ2n) is 21.3. The smallest absolute Gasteiger partial charge is 0.407 e. The van der Waals surface area contributed by atoms with Crippen molar-refractivity contribution < 1.29 is 91.6 Å². The zero-order valence-corrected chi connectivity index (χ0v) is 45.5. The molecule has 0 spiro atoms. The highest BCUT2D eigenvalue weighted by Gasteiger charge is 2.56. The first-order valence-electron chi connectivity index (χ1n) is 26.9. The standard InChI is InChI=1S/C56H63N7O19/c1-26(58-37(64)15-16-63-38(65)13-14-39(63)66)50(71)59-27(2)51(72)60-31-11-9-29(10-12-31)25-79-55(74)57-22-30-23-61(24-30)54(73)56(75)20-33-42(48(70)44-43(46(33)68)45(67)32-7-6-8-35(76-4)41(32)47(44)69)36(21-56)81-40-19-34-49(28(3)80-40)82-52-53(77-5)78-18-17-62(34)52/h6-14,26-28,30,34,36,40,49,52-53,68,70,75H,15-25H2,1-5H3,(H,57,74)(H,58,64)(H,59,71)(H,60,72)/t26-,27-,28-,34-,36-,40-,49+,52+,53-,56-/m0/s1. The highest BCUT2D eigenvalue weighted by atomic mass is 16.7. The molecule has 0 bridgehead atoms. The predicted molar refractivity (Wildman–Crippen MR) is 281 cm³/mol. The molecule has 2 aliphatic carbocycles. The van der Waals surface area contributed by atoms with Crippen molar-refractivity contribution in [1.82, 2.24) is 30.7 Å². The maximum atomic E-state index is 14.5. The molecule has 4 fully saturated rings. The van der Waals surface area contributed by atoms with Gasteiger partial charge in [-0.25, -0.2) is 4.79 Å². The Hall–Kier alpha value is -7.85. The first-order valence-corrected chi connectivity index (χ1v) is 26.9. The fourth-order valence-corrected chi connectivity index (χ4v) is 11.7. The molecule has 10 rings (SSSR count). The largest absolute Gasteiger partial charge is 0.507 e. The molecular weight excluding hydrogens is 1070 g/mol. The molecule has 7 aliphatic rings. The van der Waals surface area contributed by atoms with Crippen LogP contribution in [0.15, 0.2) is 54.6 Å². The Balaban J connectivity index is 0.736. The van der Waals surface area contributed by atoms with Crippen molar-refractivity contribution in [2.24, 2.45) is 5.92 Å². The Morgan fingerprint density at radius 2 is 1.57 bits per heavy atom. The lowest BCUT2D eigenvalue weighted by Gasteiger charge is -2.47. The summed E-state index contributed by atoms with van der Waals surface area (Å²) >= 11 is 0. The van der Waals surface area contributed by atoms with E-state index < -0.39 is 143 Å². The molecule has 0 aromatic heterocycles. The number of phenolic OH excluding ortho intramolecular Hbond substituents is 2. The summed E-state index contributed by atoms with van der Waals surface area (Å²) < 4.78 is 41.5. The summed E-state index contributed by atoms with van der Waals surface area (Å²) in [5, 5.41) is 47.1. The van der Waals surface area contributed by atoms with Crippen LogP contribution in [0.2, 0.25) is 0 Å². The number of nitrogens with one attached hydrogen (secondary N) is 4. The molecular formula is C56H63N7O19. The van der Waals surface area contributed by atoms with Crippen LogP contribution in [0.1, 0.15) is 94.7 Å². The number of fused-ring (bicyclic) bond motifs is 6. The highest BCUT2D eigenvalue weighted by Crippen LogP contribution is 2.53. The number of morpholine rings is 1. The van der Waals surface area contributed by atoms with Gasteiger partial charge in [-0.3, -0.25) is 48.2 Å². The normalized spacial score (nSPS) is 26.3. The van der Waals surface area contributed by atoms with Gasteiger partial charge < -0.3 is 74.6 Å². The van der Waals surface area contributed by atoms with Gasteiger partial charge in [0.25, 0.3) is 17.7 Å². The lowest BCUT2D eigenvalue weighted by atomic mass is 9.72. The molecule has 5 aliphatic heterocycles. The number of hydrogen-bond donors (Lipinski definition) is 7. The van der Waals surface area contributed by atoms with Crippen molar-refractivity contribution in [3.8, 4) is 17.2 Å². The molecule has 0 saturated carbocycles. The zero-order valence-electron chi connectivity index (χ0n) is 45.5. The minimum absolute atomic E-state index is 0.0700. The fraction of sp³-hybridized carbons (Fsp3) is 0.482. The molecule has 0 unspecified atom stereocenters. The van der Waals surface area contributed by atoms with Gasteiger partial charge in [-0.05, 0) is 44.5 Å². The van der Waals surface area contributed by atoms with Gasteiger partial charge in [0.1, 0.15) is 47.6 Å². The van der Waals surface area contributed by atoms with E-state index in [-0.39, 0.29) is 85.6 Å². The molecule has 7 amide bonds. The molecule has 436 valence electrons. The summed E-state index contributed by atoms with van der Waals surface area (Å²) in [6.45, 7) is 5.62. The number of aliphatic hydroxyl groups is 1. The number of nitrogens with zero attached hydrogens (tertiary/aromatic N) is 3. The number of ketones is 2. The van der Waals surface area contributed by atoms with E-state index in [9.17, 15) is 58.5 Å². The third-order valence-corrected chi connectivity index (χ3v) is 15.9. The van der Waals surface area contributed by atoms with Crippen LogP contribution >= 0.6 is 0 Å². The molecule has 82 heavy (non-hydrogen) atoms. The van der Waals surface area contributed by atoms with Gasteiger partial charge in [0, 0.05) is 112 Å². The minimum atomic E-state index is -2.27. The molecule has 7 N–H and O–H groups in total. The van der Waals surface area contributed by atoms with Crippen LogP contribution in [0.5, 0.6) is 17.2 Å². The van der Waals surface area contributed by atoms with Gasteiger partial charge in [-0.15, -0.1) is 0 Å². The maximum Gasteiger partial charge on any atom is 0.407 e. The SMILES string of the molecule is COc1cccc2c1C(=O)c1c(O)c3c(c(O)c1C2=O)C[C@@](O)(C(=O)N1CC(CNC(=O)OCc2ccc(NC(=O)[C@H](C)NC(=O)[C@H](C)NC(=O)CCN4C(=O)C=CC4=O)cc2)C1)C[C@@H]3O[C@H]1C[C@H]2[C@H](O[C@@H]3[C@@H](OC)OCCN32)[C@H](C)O1. The topological polar surface area (TPSA) is 337 Å². The number of methoxy groups -OCH3 is 2. The molecule has 3 aromatic carbocycles. The van der Waals surface area contributed by atoms with Gasteiger partial charge in [0.15, 0.2) is 24.6 Å². The number of imide groups is 1. The monoisotopic (exact) mass is 1140 g/mol. The van der Waals surface area contributed by atoms with Crippen molar-refractivity contribution in [3.05, 3.63) is 93.6 Å². The van der Waals surface area contributed by atoms with E-state index in [0.717, 1.165) is 17.1 Å². The summed E-state index contributed by atoms with van der Waals surface area (Å²) in [7, 11) is 2.86. The Morgan fingerprint density at radius 3 is 2.28 bits per heavy atom. The average molecular weight is 1140 g/mol. The lowest BCUT2D eigenvalue weighted by Crippen LogP contribution is -2.61. The predicted octanol–water partition coefficient (Wildman–Crippen LogP) is 0.798. The van der Waals surface area contributed by atoms with Gasteiger partial charge in [0.2, 0.25) is 23.5 Å². The third-order valence-electron chi connectivity index (χ3n) is 15.9. The van der Waals surface area contributed by atoms with Crippen LogP contribution < -0.4 is 26.0 Å². The van der Waals surface area contributed by atoms with Crippen LogP contribution in [-0.2, 0) is 70.2 Å². The molecule has 3 aromatic rings. The second-order valence-corrected chi connectivity index (χ2v) is 21.3. The molecule has 26 heteroatoms. The number of carbonyl (C=O) groups is 9. The van der Waals surface area contributed by atoms with E-state index in [1.54, 1.807) is 24.3 Å². The van der Waals surface area contributed by atoms with Crippen LogP contribution in [0.4, 0.5) is 10.5 Å². The number of likely N-dealkylation sites (tertiary alicyclic amines) is 1. The van der Waals surface area contributed by atoms with Crippen molar-refractivity contribution in [2.75, 3.05) is 58.9 Å². The second kappa shape index (κ2) is 23.2. The molecule has 5 heterocycles.